The number of nitrogens with one attached hydrogen (secondary N) is 2. The van der Waals surface area contributed by atoms with Crippen molar-refractivity contribution in [3.8, 4) is 11.1 Å². The number of aromatic nitrogens is 2. The molecule has 6 nitrogen and oxygen atoms in total. The fourth-order valence-corrected chi connectivity index (χ4v) is 4.92. The van der Waals surface area contributed by atoms with Gasteiger partial charge >= 0.3 is 0 Å². The average Bonchev–Trinajstić information content (AvgIpc) is 3.32. The molecule has 1 aliphatic carbocycles. The van der Waals surface area contributed by atoms with Gasteiger partial charge in [0.25, 0.3) is 0 Å². The van der Waals surface area contributed by atoms with E-state index >= 15 is 0 Å². The van der Waals surface area contributed by atoms with E-state index in [-0.39, 0.29) is 10.7 Å². The Labute approximate surface area is 182 Å². The molecule has 3 aromatic rings. The van der Waals surface area contributed by atoms with Crippen molar-refractivity contribution in [3.05, 3.63) is 59.9 Å². The quantitative estimate of drug-likeness (QED) is 0.555. The van der Waals surface area contributed by atoms with Gasteiger partial charge in [-0.25, -0.2) is 9.19 Å². The average molecular weight is 441 g/mol. The van der Waals surface area contributed by atoms with Crippen LogP contribution in [0.5, 0.6) is 0 Å². The van der Waals surface area contributed by atoms with E-state index in [1.807, 2.05) is 62.5 Å². The molecule has 2 aromatic heterocycles. The third-order valence-corrected chi connectivity index (χ3v) is 8.00. The van der Waals surface area contributed by atoms with Gasteiger partial charge in [-0.2, -0.15) is 0 Å². The number of nitrogens with zero attached hydrogens (tertiary/aromatic N) is 2. The van der Waals surface area contributed by atoms with Gasteiger partial charge in [0.2, 0.25) is 5.91 Å². The molecule has 1 fully saturated rings. The number of rotatable bonds is 7. The molecule has 0 spiro atoms. The summed E-state index contributed by atoms with van der Waals surface area (Å²) in [5, 5.41) is 5.40. The highest BCUT2D eigenvalue weighted by Crippen LogP contribution is 2.41. The molecule has 4 rings (SSSR count). The molecule has 8 heteroatoms. The van der Waals surface area contributed by atoms with Gasteiger partial charge < -0.3 is 5.32 Å². The van der Waals surface area contributed by atoms with E-state index in [0.717, 1.165) is 29.7 Å². The molecular weight excluding hydrogens is 416 g/mol. The van der Waals surface area contributed by atoms with Crippen LogP contribution in [0.2, 0.25) is 0 Å². The summed E-state index contributed by atoms with van der Waals surface area (Å²) in [7, 11) is -1.16. The molecule has 1 aromatic carbocycles. The van der Waals surface area contributed by atoms with E-state index < -0.39 is 16.4 Å². The van der Waals surface area contributed by atoms with Crippen LogP contribution in [-0.2, 0) is 21.2 Å². The number of pyridine rings is 1. The molecule has 1 atom stereocenters. The third-order valence-electron chi connectivity index (χ3n) is 5.43. The number of hydrogen-bond donors (Lipinski definition) is 2. The van der Waals surface area contributed by atoms with Crippen molar-refractivity contribution in [1.82, 2.24) is 9.97 Å². The largest absolute Gasteiger partial charge is 0.325 e. The lowest BCUT2D eigenvalue weighted by atomic mass is 9.89. The minimum Gasteiger partial charge on any atom is -0.325 e. The lowest BCUT2D eigenvalue weighted by Gasteiger charge is -2.21. The minimum absolute atomic E-state index is 0.149. The number of benzene rings is 1. The van der Waals surface area contributed by atoms with Gasteiger partial charge in [-0.1, -0.05) is 18.2 Å². The molecule has 0 saturated heterocycles. The predicted molar refractivity (Wildman–Crippen MR) is 123 cm³/mol. The van der Waals surface area contributed by atoms with Crippen LogP contribution in [0.15, 0.2) is 54.2 Å². The van der Waals surface area contributed by atoms with Crippen LogP contribution in [0.3, 0.4) is 0 Å². The summed E-state index contributed by atoms with van der Waals surface area (Å²) in [4.78, 5) is 21.6. The standard InChI is InChI=1S/C22H24N4O2S2/c1-21(2,18-14-29-20(25-18)26-30(28)22(3)10-11-22)19(27)24-17-8-6-15(7-9-17)16-5-4-12-23-13-16/h4-9,12-14H,10-11H2,1-3H3,(H,24,27)(H,25,26). The maximum Gasteiger partial charge on any atom is 0.236 e. The van der Waals surface area contributed by atoms with Crippen LogP contribution in [0.1, 0.15) is 39.3 Å². The van der Waals surface area contributed by atoms with Crippen molar-refractivity contribution >= 4 is 39.0 Å². The number of anilines is 2. The Morgan fingerprint density at radius 2 is 1.90 bits per heavy atom. The summed E-state index contributed by atoms with van der Waals surface area (Å²) in [6.07, 6.45) is 5.46. The summed E-state index contributed by atoms with van der Waals surface area (Å²) in [5.41, 5.74) is 2.60. The zero-order valence-corrected chi connectivity index (χ0v) is 18.8. The highest BCUT2D eigenvalue weighted by atomic mass is 32.2. The highest BCUT2D eigenvalue weighted by Gasteiger charge is 2.44. The van der Waals surface area contributed by atoms with Crippen LogP contribution >= 0.6 is 11.3 Å². The first-order valence-electron chi connectivity index (χ1n) is 9.74. The lowest BCUT2D eigenvalue weighted by molar-refractivity contribution is -0.120. The van der Waals surface area contributed by atoms with E-state index in [9.17, 15) is 9.00 Å². The number of hydrogen-bond acceptors (Lipinski definition) is 5. The second-order valence-electron chi connectivity index (χ2n) is 8.26. The van der Waals surface area contributed by atoms with E-state index in [2.05, 4.69) is 20.0 Å². The first kappa shape index (κ1) is 20.7. The van der Waals surface area contributed by atoms with Gasteiger partial charge in [0.1, 0.15) is 11.0 Å². The maximum atomic E-state index is 13.0. The first-order valence-corrected chi connectivity index (χ1v) is 11.8. The second kappa shape index (κ2) is 7.92. The maximum absolute atomic E-state index is 13.0. The summed E-state index contributed by atoms with van der Waals surface area (Å²) in [6, 6.07) is 11.6. The second-order valence-corrected chi connectivity index (χ2v) is 10.8. The molecule has 156 valence electrons. The molecule has 2 heterocycles. The molecule has 2 N–H and O–H groups in total. The van der Waals surface area contributed by atoms with Crippen molar-refractivity contribution < 1.29 is 9.00 Å². The molecule has 1 saturated carbocycles. The van der Waals surface area contributed by atoms with Crippen LogP contribution < -0.4 is 10.0 Å². The minimum atomic E-state index is -1.16. The zero-order chi connectivity index (χ0) is 21.4. The van der Waals surface area contributed by atoms with E-state index in [1.165, 1.54) is 11.3 Å². The summed E-state index contributed by atoms with van der Waals surface area (Å²) < 4.78 is 15.2. The van der Waals surface area contributed by atoms with Crippen molar-refractivity contribution in [2.24, 2.45) is 0 Å². The Morgan fingerprint density at radius 3 is 2.53 bits per heavy atom. The van der Waals surface area contributed by atoms with E-state index in [0.29, 0.717) is 10.8 Å². The van der Waals surface area contributed by atoms with Gasteiger partial charge in [0.15, 0.2) is 5.13 Å². The highest BCUT2D eigenvalue weighted by molar-refractivity contribution is 7.88. The SMILES string of the molecule is CC(C)(C(=O)Nc1ccc(-c2cccnc2)cc1)c1csc(NS(=O)C2(C)CC2)n1. The Morgan fingerprint density at radius 1 is 1.17 bits per heavy atom. The Balaban J connectivity index is 1.43. The van der Waals surface area contributed by atoms with E-state index in [1.54, 1.807) is 12.4 Å². The first-order chi connectivity index (χ1) is 14.3. The monoisotopic (exact) mass is 440 g/mol. The molecular formula is C22H24N4O2S2. The number of carbonyl (C=O) groups excluding carboxylic acids is 1. The Bertz CT molecular complexity index is 1070. The van der Waals surface area contributed by atoms with Gasteiger partial charge in [-0.3, -0.25) is 14.5 Å². The molecule has 1 aliphatic rings. The number of carbonyl (C=O) groups is 1. The van der Waals surface area contributed by atoms with Crippen LogP contribution in [0.25, 0.3) is 11.1 Å². The molecule has 1 amide bonds. The zero-order valence-electron chi connectivity index (χ0n) is 17.1. The summed E-state index contributed by atoms with van der Waals surface area (Å²) >= 11 is 1.37. The Hall–Kier alpha value is -2.58. The van der Waals surface area contributed by atoms with Crippen molar-refractivity contribution in [2.75, 3.05) is 10.0 Å². The van der Waals surface area contributed by atoms with Crippen molar-refractivity contribution in [2.45, 2.75) is 43.8 Å². The lowest BCUT2D eigenvalue weighted by Crippen LogP contribution is -2.35. The smallest absolute Gasteiger partial charge is 0.236 e. The number of amides is 1. The molecule has 1 unspecified atom stereocenters. The summed E-state index contributed by atoms with van der Waals surface area (Å²) in [5.74, 6) is -0.149. The van der Waals surface area contributed by atoms with Crippen LogP contribution in [0, 0.1) is 0 Å². The van der Waals surface area contributed by atoms with Crippen LogP contribution in [0.4, 0.5) is 10.8 Å². The van der Waals surface area contributed by atoms with Crippen LogP contribution in [-0.4, -0.2) is 24.8 Å². The van der Waals surface area contributed by atoms with Crippen molar-refractivity contribution in [3.63, 3.8) is 0 Å². The normalized spacial score (nSPS) is 16.0. The molecule has 0 radical (unpaired) electrons. The fraction of sp³-hybridized carbons (Fsp3) is 0.318. The predicted octanol–water partition coefficient (Wildman–Crippen LogP) is 4.75. The third kappa shape index (κ3) is 4.29. The van der Waals surface area contributed by atoms with Gasteiger partial charge in [0.05, 0.1) is 15.9 Å². The van der Waals surface area contributed by atoms with Crippen molar-refractivity contribution in [1.29, 1.82) is 0 Å². The summed E-state index contributed by atoms with van der Waals surface area (Å²) in [6.45, 7) is 5.68. The molecule has 30 heavy (non-hydrogen) atoms. The fourth-order valence-electron chi connectivity index (χ4n) is 2.85. The van der Waals surface area contributed by atoms with Gasteiger partial charge in [-0.15, -0.1) is 11.3 Å². The topological polar surface area (TPSA) is 84.0 Å². The van der Waals surface area contributed by atoms with Gasteiger partial charge in [0, 0.05) is 23.5 Å². The molecule has 0 aliphatic heterocycles. The number of thiazole rings is 1. The Kier molecular flexibility index (Phi) is 5.46. The van der Waals surface area contributed by atoms with Gasteiger partial charge in [-0.05, 0) is 62.9 Å². The molecule has 0 bridgehead atoms. The van der Waals surface area contributed by atoms with E-state index in [4.69, 9.17) is 0 Å².